The van der Waals surface area contributed by atoms with E-state index in [-0.39, 0.29) is 0 Å². The fourth-order valence-electron chi connectivity index (χ4n) is 2.00. The first-order chi connectivity index (χ1) is 11.3. The van der Waals surface area contributed by atoms with Gasteiger partial charge in [0.1, 0.15) is 0 Å². The molecule has 0 atom stereocenters. The first kappa shape index (κ1) is 19.2. The summed E-state index contributed by atoms with van der Waals surface area (Å²) in [5, 5.41) is 0. The maximum absolute atomic E-state index is 5.09. The first-order valence-corrected chi connectivity index (χ1v) is 12.2. The van der Waals surface area contributed by atoms with Gasteiger partial charge in [-0.1, -0.05) is 88.7 Å². The lowest BCUT2D eigenvalue weighted by Crippen LogP contribution is -1.82. The third-order valence-corrected chi connectivity index (χ3v) is 6.39. The van der Waals surface area contributed by atoms with Gasteiger partial charge in [0, 0.05) is 11.3 Å². The summed E-state index contributed by atoms with van der Waals surface area (Å²) in [6, 6.07) is 16.6. The van der Waals surface area contributed by atoms with Crippen LogP contribution in [0.15, 0.2) is 57.8 Å². The van der Waals surface area contributed by atoms with Crippen LogP contribution in [0.3, 0.4) is 0 Å². The van der Waals surface area contributed by atoms with Gasteiger partial charge in [0.15, 0.2) is 4.34 Å². The Bertz CT molecular complexity index is 725. The second-order valence-corrected chi connectivity index (χ2v) is 8.38. The Morgan fingerprint density at radius 2 is 1.78 bits per heavy atom. The predicted octanol–water partition coefficient (Wildman–Crippen LogP) is 6.73. The number of para-hydroxylation sites is 1. The van der Waals surface area contributed by atoms with Crippen LogP contribution in [0.1, 0.15) is 5.56 Å². The number of nitrogens with zero attached hydrogens (tertiary/aromatic N) is 1. The van der Waals surface area contributed by atoms with Gasteiger partial charge in [0.2, 0.25) is 0 Å². The smallest absolute Gasteiger partial charge is 0.150 e. The molecule has 1 aromatic heterocycles. The Morgan fingerprint density at radius 3 is 2.48 bits per heavy atom. The van der Waals surface area contributed by atoms with E-state index in [1.54, 1.807) is 34.9 Å². The number of fused-ring (bicyclic) bond motifs is 2. The number of thioether (sulfide) groups is 2. The summed E-state index contributed by atoms with van der Waals surface area (Å²) < 4.78 is 3.52. The fourth-order valence-corrected chi connectivity index (χ4v) is 4.81. The van der Waals surface area contributed by atoms with Gasteiger partial charge in [-0.05, 0) is 34.9 Å². The highest BCUT2D eigenvalue weighted by atomic mass is 127. The fraction of sp³-hybridized carbons (Fsp3) is 0.176. The van der Waals surface area contributed by atoms with Crippen molar-refractivity contribution in [3.05, 3.63) is 54.1 Å². The van der Waals surface area contributed by atoms with Crippen molar-refractivity contribution in [3.63, 3.8) is 0 Å². The highest BCUT2D eigenvalue weighted by Gasteiger charge is 2.14. The summed E-state index contributed by atoms with van der Waals surface area (Å²) in [6.45, 7) is 0. The van der Waals surface area contributed by atoms with Crippen LogP contribution in [0, 0.1) is 0 Å². The van der Waals surface area contributed by atoms with E-state index in [1.807, 2.05) is 23.1 Å². The minimum atomic E-state index is 0.982. The van der Waals surface area contributed by atoms with Gasteiger partial charge >= 0.3 is 0 Å². The molecule has 0 amide bonds. The zero-order chi connectivity index (χ0) is 16.7. The average molecular weight is 489 g/mol. The molecule has 2 heterocycles. The Morgan fingerprint density at radius 1 is 1.09 bits per heavy atom. The quantitative estimate of drug-likeness (QED) is 0.163. The molecular formula is C17H16INS4. The lowest BCUT2D eigenvalue weighted by atomic mass is 10.2. The molecule has 23 heavy (non-hydrogen) atoms. The molecular weight excluding hydrogens is 473 g/mol. The molecule has 1 aliphatic rings. The largest absolute Gasteiger partial charge is 0.230 e. The van der Waals surface area contributed by atoms with Gasteiger partial charge < -0.3 is 0 Å². The van der Waals surface area contributed by atoms with Gasteiger partial charge in [-0.2, -0.15) is 0 Å². The van der Waals surface area contributed by atoms with E-state index >= 15 is 0 Å². The van der Waals surface area contributed by atoms with Gasteiger partial charge in [0.25, 0.3) is 0 Å². The summed E-state index contributed by atoms with van der Waals surface area (Å²) >= 11 is 12.4. The van der Waals surface area contributed by atoms with Crippen LogP contribution in [-0.4, -0.2) is 20.4 Å². The molecule has 4 rings (SSSR count). The van der Waals surface area contributed by atoms with E-state index < -0.39 is 0 Å². The first-order valence-electron chi connectivity index (χ1n) is 6.82. The second-order valence-electron chi connectivity index (χ2n) is 4.41. The standard InChI is InChI=1S/C8H7NS2.C8H6S2.CH3I/c1-10-8-9-6-4-2-3-5-7(6)11-8;9-8-5-6-3-1-2-4-7(6)10-8;1-2/h2-5H,1H3;1-4H,5H2;1H3. The lowest BCUT2D eigenvalue weighted by molar-refractivity contribution is 1.27. The third kappa shape index (κ3) is 5.42. The number of halogens is 1. The zero-order valence-corrected chi connectivity index (χ0v) is 18.2. The van der Waals surface area contributed by atoms with Crippen LogP contribution in [0.5, 0.6) is 0 Å². The van der Waals surface area contributed by atoms with Crippen molar-refractivity contribution < 1.29 is 0 Å². The number of hydrogen-bond acceptors (Lipinski definition) is 5. The molecule has 0 unspecified atom stereocenters. The minimum Gasteiger partial charge on any atom is -0.230 e. The van der Waals surface area contributed by atoms with Crippen LogP contribution < -0.4 is 0 Å². The van der Waals surface area contributed by atoms with E-state index in [1.165, 1.54) is 15.2 Å². The van der Waals surface area contributed by atoms with E-state index in [9.17, 15) is 0 Å². The Labute approximate surface area is 168 Å². The SMILES string of the molecule is CI.CSc1nc2ccccc2s1.S=C1Cc2ccccc2S1. The minimum absolute atomic E-state index is 0.982. The molecule has 0 N–H and O–H groups in total. The van der Waals surface area contributed by atoms with Crippen molar-refractivity contribution in [1.82, 2.24) is 4.98 Å². The average Bonchev–Trinajstić information content (AvgIpc) is 3.18. The molecule has 0 spiro atoms. The van der Waals surface area contributed by atoms with Crippen molar-refractivity contribution in [3.8, 4) is 0 Å². The number of thiocarbonyl (C=S) groups is 1. The Kier molecular flexibility index (Phi) is 8.32. The summed E-state index contributed by atoms with van der Waals surface area (Å²) in [5.74, 6) is 0. The van der Waals surface area contributed by atoms with Crippen molar-refractivity contribution in [2.45, 2.75) is 15.7 Å². The molecule has 0 saturated heterocycles. The highest BCUT2D eigenvalue weighted by molar-refractivity contribution is 14.1. The molecule has 1 nitrogen and oxygen atoms in total. The van der Waals surface area contributed by atoms with E-state index in [2.05, 4.69) is 64.2 Å². The maximum Gasteiger partial charge on any atom is 0.150 e. The Balaban J connectivity index is 0.000000152. The lowest BCUT2D eigenvalue weighted by Gasteiger charge is -1.91. The molecule has 0 radical (unpaired) electrons. The number of rotatable bonds is 1. The summed E-state index contributed by atoms with van der Waals surface area (Å²) in [7, 11) is 0. The molecule has 0 fully saturated rings. The molecule has 1 aliphatic heterocycles. The van der Waals surface area contributed by atoms with Crippen LogP contribution in [0.2, 0.25) is 0 Å². The van der Waals surface area contributed by atoms with Crippen molar-refractivity contribution in [2.24, 2.45) is 0 Å². The molecule has 2 aromatic carbocycles. The number of benzene rings is 2. The van der Waals surface area contributed by atoms with Crippen LogP contribution in [-0.2, 0) is 6.42 Å². The maximum atomic E-state index is 5.09. The molecule has 0 aliphatic carbocycles. The van der Waals surface area contributed by atoms with E-state index in [4.69, 9.17) is 12.2 Å². The number of aromatic nitrogens is 1. The van der Waals surface area contributed by atoms with E-state index in [0.29, 0.717) is 0 Å². The Hall–Kier alpha value is -0.150. The topological polar surface area (TPSA) is 12.9 Å². The van der Waals surface area contributed by atoms with Crippen molar-refractivity contribution in [1.29, 1.82) is 0 Å². The van der Waals surface area contributed by atoms with E-state index in [0.717, 1.165) is 20.5 Å². The highest BCUT2D eigenvalue weighted by Crippen LogP contribution is 2.32. The van der Waals surface area contributed by atoms with Gasteiger partial charge in [-0.15, -0.1) is 11.3 Å². The van der Waals surface area contributed by atoms with Crippen molar-refractivity contribution >= 4 is 84.1 Å². The van der Waals surface area contributed by atoms with Crippen molar-refractivity contribution in [2.75, 3.05) is 11.2 Å². The van der Waals surface area contributed by atoms with Crippen LogP contribution >= 0.6 is 69.7 Å². The van der Waals surface area contributed by atoms with Crippen LogP contribution in [0.25, 0.3) is 10.2 Å². The molecule has 0 bridgehead atoms. The molecule has 0 saturated carbocycles. The monoisotopic (exact) mass is 489 g/mol. The number of thiazole rings is 1. The number of alkyl halides is 1. The zero-order valence-electron chi connectivity index (χ0n) is 12.8. The number of hydrogen-bond donors (Lipinski definition) is 0. The van der Waals surface area contributed by atoms with Gasteiger partial charge in [-0.3, -0.25) is 0 Å². The van der Waals surface area contributed by atoms with Gasteiger partial charge in [-0.25, -0.2) is 4.98 Å². The third-order valence-electron chi connectivity index (χ3n) is 2.98. The van der Waals surface area contributed by atoms with Gasteiger partial charge in [0.05, 0.1) is 14.4 Å². The van der Waals surface area contributed by atoms with Crippen LogP contribution in [0.4, 0.5) is 0 Å². The molecule has 6 heteroatoms. The second kappa shape index (κ2) is 9.98. The predicted molar refractivity (Wildman–Crippen MR) is 120 cm³/mol. The summed E-state index contributed by atoms with van der Waals surface area (Å²) in [6.07, 6.45) is 3.04. The molecule has 120 valence electrons. The summed E-state index contributed by atoms with van der Waals surface area (Å²) in [4.78, 5) is 7.72. The summed E-state index contributed by atoms with van der Waals surface area (Å²) in [5.41, 5.74) is 2.50. The molecule has 3 aromatic rings. The normalized spacial score (nSPS) is 12.0.